The second-order valence-corrected chi connectivity index (χ2v) is 7.74. The van der Waals surface area contributed by atoms with Gasteiger partial charge in [0.1, 0.15) is 0 Å². The van der Waals surface area contributed by atoms with Gasteiger partial charge >= 0.3 is 0 Å². The molecule has 24 heavy (non-hydrogen) atoms. The van der Waals surface area contributed by atoms with Crippen LogP contribution < -0.4 is 5.73 Å². The molecule has 3 rings (SSSR count). The van der Waals surface area contributed by atoms with Gasteiger partial charge in [-0.25, -0.2) is 0 Å². The van der Waals surface area contributed by atoms with Crippen molar-refractivity contribution in [2.75, 3.05) is 0 Å². The van der Waals surface area contributed by atoms with E-state index in [2.05, 4.69) is 68.1 Å². The van der Waals surface area contributed by atoms with E-state index < -0.39 is 0 Å². The zero-order chi connectivity index (χ0) is 17.3. The number of primary amides is 1. The van der Waals surface area contributed by atoms with E-state index >= 15 is 0 Å². The van der Waals surface area contributed by atoms with Gasteiger partial charge in [-0.3, -0.25) is 9.69 Å². The number of amides is 1. The molecule has 1 atom stereocenters. The third-order valence-electron chi connectivity index (χ3n) is 4.88. The van der Waals surface area contributed by atoms with Crippen LogP contribution in [-0.4, -0.2) is 16.8 Å². The molecule has 0 spiro atoms. The summed E-state index contributed by atoms with van der Waals surface area (Å²) in [6.07, 6.45) is 0.700. The van der Waals surface area contributed by atoms with Gasteiger partial charge in [0.2, 0.25) is 5.91 Å². The van der Waals surface area contributed by atoms with Crippen molar-refractivity contribution < 1.29 is 4.79 Å². The molecule has 2 aromatic carbocycles. The Bertz CT molecular complexity index is 728. The average Bonchev–Trinajstić information content (AvgIpc) is 2.53. The number of carbonyl (C=O) groups is 1. The van der Waals surface area contributed by atoms with E-state index in [1.165, 1.54) is 22.3 Å². The molecular formula is C21H26N2O. The minimum absolute atomic E-state index is 0.151. The monoisotopic (exact) mass is 322 g/mol. The molecular weight excluding hydrogens is 296 g/mol. The van der Waals surface area contributed by atoms with E-state index in [1.54, 1.807) is 0 Å². The summed E-state index contributed by atoms with van der Waals surface area (Å²) >= 11 is 0. The lowest BCUT2D eigenvalue weighted by molar-refractivity contribution is -0.124. The quantitative estimate of drug-likeness (QED) is 0.941. The molecule has 1 aliphatic heterocycles. The van der Waals surface area contributed by atoms with Gasteiger partial charge in [0.25, 0.3) is 0 Å². The summed E-state index contributed by atoms with van der Waals surface area (Å²) in [5, 5.41) is 0. The van der Waals surface area contributed by atoms with Crippen LogP contribution in [0, 0.1) is 0 Å². The fraction of sp³-hybridized carbons (Fsp3) is 0.381. The molecule has 0 unspecified atom stereocenters. The molecule has 0 bridgehead atoms. The second kappa shape index (κ2) is 6.40. The molecule has 0 saturated carbocycles. The van der Waals surface area contributed by atoms with Gasteiger partial charge < -0.3 is 5.73 Å². The predicted octanol–water partition coefficient (Wildman–Crippen LogP) is 3.40. The van der Waals surface area contributed by atoms with E-state index in [9.17, 15) is 4.79 Å². The van der Waals surface area contributed by atoms with Crippen LogP contribution in [0.15, 0.2) is 48.5 Å². The van der Waals surface area contributed by atoms with Gasteiger partial charge in [-0.15, -0.1) is 0 Å². The molecule has 2 aromatic rings. The number of hydrogen-bond acceptors (Lipinski definition) is 2. The Morgan fingerprint density at radius 2 is 1.71 bits per heavy atom. The Morgan fingerprint density at radius 1 is 1.08 bits per heavy atom. The number of carbonyl (C=O) groups excluding carboxylic acids is 1. The lowest BCUT2D eigenvalue weighted by Crippen LogP contribution is -2.48. The summed E-state index contributed by atoms with van der Waals surface area (Å²) in [6.45, 7) is 8.16. The molecule has 0 aliphatic carbocycles. The maximum absolute atomic E-state index is 11.9. The number of hydrogen-bond donors (Lipinski definition) is 1. The number of nitrogens with zero attached hydrogens (tertiary/aromatic N) is 1. The maximum atomic E-state index is 11.9. The third kappa shape index (κ3) is 3.51. The molecule has 3 heteroatoms. The van der Waals surface area contributed by atoms with E-state index in [-0.39, 0.29) is 17.4 Å². The first kappa shape index (κ1) is 16.7. The average molecular weight is 322 g/mol. The summed E-state index contributed by atoms with van der Waals surface area (Å²) in [4.78, 5) is 14.1. The largest absolute Gasteiger partial charge is 0.368 e. The zero-order valence-corrected chi connectivity index (χ0v) is 14.8. The number of rotatable bonds is 3. The van der Waals surface area contributed by atoms with Crippen LogP contribution in [0.3, 0.4) is 0 Å². The Hall–Kier alpha value is -2.13. The molecule has 1 aliphatic rings. The summed E-state index contributed by atoms with van der Waals surface area (Å²) in [7, 11) is 0. The minimum atomic E-state index is -0.240. The molecule has 0 radical (unpaired) electrons. The summed E-state index contributed by atoms with van der Waals surface area (Å²) in [6, 6.07) is 16.8. The van der Waals surface area contributed by atoms with Crippen molar-refractivity contribution in [1.82, 2.24) is 4.90 Å². The van der Waals surface area contributed by atoms with E-state index in [0.717, 1.165) is 13.1 Å². The molecule has 1 amide bonds. The molecule has 1 heterocycles. The molecule has 2 N–H and O–H groups in total. The Labute approximate surface area is 144 Å². The Kier molecular flexibility index (Phi) is 4.46. The van der Waals surface area contributed by atoms with E-state index in [1.807, 2.05) is 6.07 Å². The first-order chi connectivity index (χ1) is 11.3. The fourth-order valence-electron chi connectivity index (χ4n) is 3.37. The smallest absolute Gasteiger partial charge is 0.235 e. The van der Waals surface area contributed by atoms with Crippen molar-refractivity contribution in [3.8, 4) is 0 Å². The SMILES string of the molecule is CC(C)(C)c1ccc(CN2Cc3ccccc3C[C@H]2C(N)=O)cc1. The number of benzene rings is 2. The van der Waals surface area contributed by atoms with Crippen LogP contribution in [0.25, 0.3) is 0 Å². The van der Waals surface area contributed by atoms with Crippen LogP contribution in [-0.2, 0) is 29.7 Å². The highest BCUT2D eigenvalue weighted by molar-refractivity contribution is 5.80. The first-order valence-electron chi connectivity index (χ1n) is 8.54. The van der Waals surface area contributed by atoms with Crippen molar-refractivity contribution in [1.29, 1.82) is 0 Å². The summed E-state index contributed by atoms with van der Waals surface area (Å²) in [5.41, 5.74) is 10.9. The standard InChI is InChI=1S/C21H26N2O/c1-21(2,3)18-10-8-15(9-11-18)13-23-14-17-7-5-4-6-16(17)12-19(23)20(22)24/h4-11,19H,12-14H2,1-3H3,(H2,22,24)/t19-/m0/s1. The molecule has 126 valence electrons. The van der Waals surface area contributed by atoms with Crippen LogP contribution in [0.1, 0.15) is 43.0 Å². The van der Waals surface area contributed by atoms with Crippen LogP contribution >= 0.6 is 0 Å². The number of nitrogens with two attached hydrogens (primary N) is 1. The van der Waals surface area contributed by atoms with Crippen molar-refractivity contribution in [2.24, 2.45) is 5.73 Å². The van der Waals surface area contributed by atoms with E-state index in [0.29, 0.717) is 6.42 Å². The molecule has 3 nitrogen and oxygen atoms in total. The van der Waals surface area contributed by atoms with Crippen molar-refractivity contribution in [3.05, 3.63) is 70.8 Å². The van der Waals surface area contributed by atoms with Crippen LogP contribution in [0.4, 0.5) is 0 Å². The van der Waals surface area contributed by atoms with Gasteiger partial charge in [-0.1, -0.05) is 69.3 Å². The Morgan fingerprint density at radius 3 is 2.29 bits per heavy atom. The lowest BCUT2D eigenvalue weighted by atomic mass is 9.86. The van der Waals surface area contributed by atoms with Gasteiger partial charge in [-0.05, 0) is 34.1 Å². The van der Waals surface area contributed by atoms with Crippen molar-refractivity contribution >= 4 is 5.91 Å². The summed E-state index contributed by atoms with van der Waals surface area (Å²) in [5.74, 6) is -0.240. The first-order valence-corrected chi connectivity index (χ1v) is 8.54. The highest BCUT2D eigenvalue weighted by Crippen LogP contribution is 2.26. The summed E-state index contributed by atoms with van der Waals surface area (Å²) < 4.78 is 0. The van der Waals surface area contributed by atoms with Gasteiger partial charge in [0.15, 0.2) is 0 Å². The van der Waals surface area contributed by atoms with Crippen LogP contribution in [0.5, 0.6) is 0 Å². The highest BCUT2D eigenvalue weighted by atomic mass is 16.1. The zero-order valence-electron chi connectivity index (χ0n) is 14.8. The second-order valence-electron chi connectivity index (χ2n) is 7.74. The maximum Gasteiger partial charge on any atom is 0.235 e. The minimum Gasteiger partial charge on any atom is -0.368 e. The predicted molar refractivity (Wildman–Crippen MR) is 97.5 cm³/mol. The van der Waals surface area contributed by atoms with Gasteiger partial charge in [0, 0.05) is 13.1 Å². The van der Waals surface area contributed by atoms with Crippen molar-refractivity contribution in [2.45, 2.75) is 51.7 Å². The lowest BCUT2D eigenvalue weighted by Gasteiger charge is -2.35. The molecule has 0 fully saturated rings. The topological polar surface area (TPSA) is 46.3 Å². The van der Waals surface area contributed by atoms with Gasteiger partial charge in [0.05, 0.1) is 6.04 Å². The van der Waals surface area contributed by atoms with E-state index in [4.69, 9.17) is 5.73 Å². The normalized spacial score (nSPS) is 18.2. The molecule has 0 saturated heterocycles. The third-order valence-corrected chi connectivity index (χ3v) is 4.88. The van der Waals surface area contributed by atoms with Crippen LogP contribution in [0.2, 0.25) is 0 Å². The van der Waals surface area contributed by atoms with Gasteiger partial charge in [-0.2, -0.15) is 0 Å². The number of fused-ring (bicyclic) bond motifs is 1. The molecule has 0 aromatic heterocycles. The fourth-order valence-corrected chi connectivity index (χ4v) is 3.37. The van der Waals surface area contributed by atoms with Crippen molar-refractivity contribution in [3.63, 3.8) is 0 Å². The Balaban J connectivity index is 1.81. The highest BCUT2D eigenvalue weighted by Gasteiger charge is 2.29.